The van der Waals surface area contributed by atoms with Crippen LogP contribution in [0.1, 0.15) is 57.3 Å². The molecule has 0 aromatic heterocycles. The van der Waals surface area contributed by atoms with Gasteiger partial charge in [0.15, 0.2) is 0 Å². The van der Waals surface area contributed by atoms with Gasteiger partial charge in [0.25, 0.3) is 5.91 Å². The van der Waals surface area contributed by atoms with Gasteiger partial charge < -0.3 is 11.1 Å². The van der Waals surface area contributed by atoms with Crippen molar-refractivity contribution in [3.63, 3.8) is 0 Å². The summed E-state index contributed by atoms with van der Waals surface area (Å²) in [6.45, 7) is 9.49. The van der Waals surface area contributed by atoms with Gasteiger partial charge in [0.05, 0.1) is 10.4 Å². The minimum Gasteiger partial charge on any atom is -0.345 e. The minimum absolute atomic E-state index is 0.169. The van der Waals surface area contributed by atoms with Crippen LogP contribution in [0.15, 0.2) is 29.2 Å². The number of hydrogen-bond acceptors (Lipinski definition) is 4. The van der Waals surface area contributed by atoms with Gasteiger partial charge in [0, 0.05) is 25.2 Å². The standard InChI is InChI=1S/C20H33N3O3S/c1-5-20(6-2,14-21)22-19(24)17-8-7-9-18(11-17)27(25,26)23-12-15(3)10-16(4)13-23/h7-9,11,15-16H,5-6,10,12-14,21H2,1-4H3,(H,22,24). The maximum absolute atomic E-state index is 13.1. The van der Waals surface area contributed by atoms with Crippen LogP contribution in [0.25, 0.3) is 0 Å². The molecule has 0 saturated carbocycles. The van der Waals surface area contributed by atoms with E-state index in [1.165, 1.54) is 6.07 Å². The molecule has 1 aliphatic rings. The molecule has 7 heteroatoms. The summed E-state index contributed by atoms with van der Waals surface area (Å²) in [5, 5.41) is 3.00. The number of nitrogens with two attached hydrogens (primary N) is 1. The molecule has 1 aromatic carbocycles. The molecule has 27 heavy (non-hydrogen) atoms. The van der Waals surface area contributed by atoms with Crippen LogP contribution in [0.3, 0.4) is 0 Å². The molecule has 0 radical (unpaired) electrons. The molecule has 1 aromatic rings. The fourth-order valence-electron chi connectivity index (χ4n) is 3.83. The molecule has 2 atom stereocenters. The topological polar surface area (TPSA) is 92.5 Å². The van der Waals surface area contributed by atoms with Gasteiger partial charge >= 0.3 is 0 Å². The van der Waals surface area contributed by atoms with E-state index < -0.39 is 15.6 Å². The van der Waals surface area contributed by atoms with Gasteiger partial charge in [-0.15, -0.1) is 0 Å². The van der Waals surface area contributed by atoms with Crippen LogP contribution in [0.5, 0.6) is 0 Å². The van der Waals surface area contributed by atoms with Crippen molar-refractivity contribution in [1.29, 1.82) is 0 Å². The van der Waals surface area contributed by atoms with Gasteiger partial charge in [-0.05, 0) is 49.3 Å². The molecular weight excluding hydrogens is 362 g/mol. The second-order valence-corrected chi connectivity index (χ2v) is 9.88. The first kappa shape index (κ1) is 21.9. The summed E-state index contributed by atoms with van der Waals surface area (Å²) in [6, 6.07) is 6.30. The molecule has 3 N–H and O–H groups in total. The van der Waals surface area contributed by atoms with Crippen molar-refractivity contribution in [3.05, 3.63) is 29.8 Å². The fourth-order valence-corrected chi connectivity index (χ4v) is 5.55. The van der Waals surface area contributed by atoms with Crippen LogP contribution < -0.4 is 11.1 Å². The Balaban J connectivity index is 2.27. The number of amides is 1. The summed E-state index contributed by atoms with van der Waals surface area (Å²) in [5.41, 5.74) is 5.73. The van der Waals surface area contributed by atoms with Crippen molar-refractivity contribution in [2.75, 3.05) is 19.6 Å². The summed E-state index contributed by atoms with van der Waals surface area (Å²) in [4.78, 5) is 12.9. The minimum atomic E-state index is -3.62. The van der Waals surface area contributed by atoms with Crippen LogP contribution in [0.2, 0.25) is 0 Å². The zero-order valence-electron chi connectivity index (χ0n) is 16.9. The molecule has 1 amide bonds. The number of rotatable bonds is 7. The van der Waals surface area contributed by atoms with Crippen molar-refractivity contribution in [3.8, 4) is 0 Å². The molecule has 0 bridgehead atoms. The number of benzene rings is 1. The van der Waals surface area contributed by atoms with E-state index in [1.807, 2.05) is 13.8 Å². The van der Waals surface area contributed by atoms with E-state index in [0.717, 1.165) is 6.42 Å². The van der Waals surface area contributed by atoms with E-state index >= 15 is 0 Å². The van der Waals surface area contributed by atoms with Crippen LogP contribution in [-0.4, -0.2) is 43.8 Å². The Morgan fingerprint density at radius 1 is 1.22 bits per heavy atom. The summed E-state index contributed by atoms with van der Waals surface area (Å²) >= 11 is 0. The smallest absolute Gasteiger partial charge is 0.251 e. The number of sulfonamides is 1. The Morgan fingerprint density at radius 2 is 1.81 bits per heavy atom. The Bertz CT molecular complexity index is 741. The fraction of sp³-hybridized carbons (Fsp3) is 0.650. The van der Waals surface area contributed by atoms with Crippen LogP contribution >= 0.6 is 0 Å². The molecule has 152 valence electrons. The second kappa shape index (κ2) is 8.71. The molecule has 1 aliphatic heterocycles. The summed E-state index contributed by atoms with van der Waals surface area (Å²) in [6.07, 6.45) is 2.46. The van der Waals surface area contributed by atoms with Crippen molar-refractivity contribution >= 4 is 15.9 Å². The molecule has 6 nitrogen and oxygen atoms in total. The number of nitrogens with zero attached hydrogens (tertiary/aromatic N) is 1. The quantitative estimate of drug-likeness (QED) is 0.742. The van der Waals surface area contributed by atoms with Gasteiger partial charge in [0.2, 0.25) is 10.0 Å². The van der Waals surface area contributed by atoms with Crippen LogP contribution in [0.4, 0.5) is 0 Å². The highest BCUT2D eigenvalue weighted by Gasteiger charge is 2.32. The van der Waals surface area contributed by atoms with E-state index in [0.29, 0.717) is 49.9 Å². The Kier molecular flexibility index (Phi) is 7.05. The number of nitrogens with one attached hydrogen (secondary N) is 1. The Labute approximate surface area is 163 Å². The third-order valence-corrected chi connectivity index (χ3v) is 7.52. The molecule has 2 unspecified atom stereocenters. The zero-order chi connectivity index (χ0) is 20.2. The highest BCUT2D eigenvalue weighted by atomic mass is 32.2. The number of hydrogen-bond donors (Lipinski definition) is 2. The van der Waals surface area contributed by atoms with Gasteiger partial charge in [-0.3, -0.25) is 4.79 Å². The second-order valence-electron chi connectivity index (χ2n) is 7.94. The summed E-state index contributed by atoms with van der Waals surface area (Å²) in [5.74, 6) is 0.366. The van der Waals surface area contributed by atoms with Crippen molar-refractivity contribution < 1.29 is 13.2 Å². The Hall–Kier alpha value is -1.44. The largest absolute Gasteiger partial charge is 0.345 e. The normalized spacial score (nSPS) is 21.8. The van der Waals surface area contributed by atoms with E-state index in [4.69, 9.17) is 5.73 Å². The zero-order valence-corrected chi connectivity index (χ0v) is 17.7. The van der Waals surface area contributed by atoms with Crippen LogP contribution in [0, 0.1) is 11.8 Å². The Morgan fingerprint density at radius 3 is 2.33 bits per heavy atom. The molecule has 1 heterocycles. The van der Waals surface area contributed by atoms with Gasteiger partial charge in [-0.2, -0.15) is 4.31 Å². The van der Waals surface area contributed by atoms with Gasteiger partial charge in [0.1, 0.15) is 0 Å². The van der Waals surface area contributed by atoms with Crippen LogP contribution in [-0.2, 0) is 10.0 Å². The predicted molar refractivity (Wildman–Crippen MR) is 108 cm³/mol. The molecule has 0 spiro atoms. The molecular formula is C20H33N3O3S. The van der Waals surface area contributed by atoms with Gasteiger partial charge in [-0.25, -0.2) is 8.42 Å². The van der Waals surface area contributed by atoms with Gasteiger partial charge in [-0.1, -0.05) is 33.8 Å². The van der Waals surface area contributed by atoms with Crippen molar-refractivity contribution in [1.82, 2.24) is 9.62 Å². The lowest BCUT2D eigenvalue weighted by Gasteiger charge is -2.34. The van der Waals surface area contributed by atoms with E-state index in [9.17, 15) is 13.2 Å². The number of carbonyl (C=O) groups is 1. The van der Waals surface area contributed by atoms with Crippen molar-refractivity contribution in [2.45, 2.75) is 57.4 Å². The third-order valence-electron chi connectivity index (χ3n) is 5.69. The molecule has 0 aliphatic carbocycles. The van der Waals surface area contributed by atoms with E-state index in [1.54, 1.807) is 22.5 Å². The monoisotopic (exact) mass is 395 g/mol. The lowest BCUT2D eigenvalue weighted by molar-refractivity contribution is 0.0895. The highest BCUT2D eigenvalue weighted by Crippen LogP contribution is 2.27. The molecule has 1 fully saturated rings. The summed E-state index contributed by atoms with van der Waals surface area (Å²) < 4.78 is 27.7. The first-order chi connectivity index (χ1) is 12.7. The SMILES string of the molecule is CCC(CC)(CN)NC(=O)c1cccc(S(=O)(=O)N2CC(C)CC(C)C2)c1. The van der Waals surface area contributed by atoms with E-state index in [-0.39, 0.29) is 10.8 Å². The lowest BCUT2D eigenvalue weighted by Crippen LogP contribution is -2.52. The highest BCUT2D eigenvalue weighted by molar-refractivity contribution is 7.89. The molecule has 2 rings (SSSR count). The first-order valence-electron chi connectivity index (χ1n) is 9.80. The average Bonchev–Trinajstić information content (AvgIpc) is 2.65. The number of piperidine rings is 1. The van der Waals surface area contributed by atoms with Crippen molar-refractivity contribution in [2.24, 2.45) is 17.6 Å². The summed E-state index contributed by atoms with van der Waals surface area (Å²) in [7, 11) is -3.62. The molecule has 1 saturated heterocycles. The predicted octanol–water partition coefficient (Wildman–Crippen LogP) is 2.60. The lowest BCUT2D eigenvalue weighted by atomic mass is 9.92. The average molecular weight is 396 g/mol. The first-order valence-corrected chi connectivity index (χ1v) is 11.2. The maximum Gasteiger partial charge on any atom is 0.251 e. The maximum atomic E-state index is 13.1. The third kappa shape index (κ3) is 4.89. The number of carbonyl (C=O) groups excluding carboxylic acids is 1. The van der Waals surface area contributed by atoms with E-state index in [2.05, 4.69) is 19.2 Å².